The van der Waals surface area contributed by atoms with Crippen molar-refractivity contribution in [1.29, 1.82) is 0 Å². The van der Waals surface area contributed by atoms with Crippen LogP contribution in [-0.2, 0) is 11.2 Å². The Hall–Kier alpha value is -0.940. The van der Waals surface area contributed by atoms with Gasteiger partial charge >= 0.3 is 0 Å². The van der Waals surface area contributed by atoms with Crippen molar-refractivity contribution in [3.05, 3.63) is 16.1 Å². The Balaban J connectivity index is 2.31. The Labute approximate surface area is 119 Å². The molecule has 0 spiro atoms. The average molecular weight is 283 g/mol. The molecule has 5 heteroatoms. The molecule has 1 atom stereocenters. The topological polar surface area (TPSA) is 68.0 Å². The molecule has 0 saturated carbocycles. The molecule has 0 fully saturated rings. The summed E-state index contributed by atoms with van der Waals surface area (Å²) in [6.07, 6.45) is 1.49. The molecule has 108 valence electrons. The predicted molar refractivity (Wildman–Crippen MR) is 80.3 cm³/mol. The minimum absolute atomic E-state index is 0.0620. The van der Waals surface area contributed by atoms with Gasteiger partial charge in [0.05, 0.1) is 16.7 Å². The van der Waals surface area contributed by atoms with Crippen LogP contribution in [0.25, 0.3) is 0 Å². The molecule has 0 bridgehead atoms. The number of thiazole rings is 1. The van der Waals surface area contributed by atoms with Gasteiger partial charge in [-0.3, -0.25) is 4.79 Å². The highest BCUT2D eigenvalue weighted by atomic mass is 32.1. The number of hydrogen-bond donors (Lipinski definition) is 2. The lowest BCUT2D eigenvalue weighted by Crippen LogP contribution is -2.42. The van der Waals surface area contributed by atoms with Gasteiger partial charge in [0.2, 0.25) is 5.91 Å². The van der Waals surface area contributed by atoms with Crippen molar-refractivity contribution in [3.63, 3.8) is 0 Å². The molecule has 4 nitrogen and oxygen atoms in total. The van der Waals surface area contributed by atoms with Crippen molar-refractivity contribution < 1.29 is 4.79 Å². The number of nitrogens with one attached hydrogen (secondary N) is 1. The Kier molecular flexibility index (Phi) is 6.45. The number of nitrogens with two attached hydrogens (primary N) is 1. The maximum absolute atomic E-state index is 11.7. The summed E-state index contributed by atoms with van der Waals surface area (Å²) in [7, 11) is 0. The Bertz CT molecular complexity index is 401. The molecule has 1 aromatic heterocycles. The average Bonchev–Trinajstić information content (AvgIpc) is 2.76. The van der Waals surface area contributed by atoms with Crippen LogP contribution in [0.3, 0.4) is 0 Å². The third kappa shape index (κ3) is 5.70. The summed E-state index contributed by atoms with van der Waals surface area (Å²) in [6.45, 7) is 9.00. The Morgan fingerprint density at radius 3 is 2.63 bits per heavy atom. The highest BCUT2D eigenvalue weighted by Crippen LogP contribution is 2.19. The molecular formula is C14H25N3OS. The van der Waals surface area contributed by atoms with E-state index in [1.165, 1.54) is 0 Å². The van der Waals surface area contributed by atoms with Crippen LogP contribution in [0.1, 0.15) is 50.7 Å². The van der Waals surface area contributed by atoms with Gasteiger partial charge in [-0.2, -0.15) is 0 Å². The lowest BCUT2D eigenvalue weighted by Gasteiger charge is -2.13. The minimum atomic E-state index is -0.401. The van der Waals surface area contributed by atoms with Crippen molar-refractivity contribution in [2.24, 2.45) is 11.7 Å². The first-order valence-corrected chi connectivity index (χ1v) is 7.75. The molecule has 1 aromatic rings. The standard InChI is InChI=1S/C14H25N3OS/c1-9(2)7-12(15)13(18)16-6-5-11-8-19-14(17-11)10(3)4/h8-10,12H,5-7,15H2,1-4H3,(H,16,18)/t12-/m0/s1. The molecular weight excluding hydrogens is 258 g/mol. The summed E-state index contributed by atoms with van der Waals surface area (Å²) in [5.74, 6) is 0.841. The van der Waals surface area contributed by atoms with E-state index in [1.807, 2.05) is 0 Å². The van der Waals surface area contributed by atoms with E-state index < -0.39 is 6.04 Å². The first-order valence-electron chi connectivity index (χ1n) is 6.87. The minimum Gasteiger partial charge on any atom is -0.354 e. The molecule has 0 aliphatic heterocycles. The van der Waals surface area contributed by atoms with E-state index in [2.05, 4.69) is 43.4 Å². The zero-order valence-corrected chi connectivity index (χ0v) is 13.1. The molecule has 1 heterocycles. The van der Waals surface area contributed by atoms with E-state index >= 15 is 0 Å². The number of nitrogens with zero attached hydrogens (tertiary/aromatic N) is 1. The zero-order valence-electron chi connectivity index (χ0n) is 12.3. The van der Waals surface area contributed by atoms with Crippen LogP contribution in [0.15, 0.2) is 5.38 Å². The van der Waals surface area contributed by atoms with Crippen molar-refractivity contribution >= 4 is 17.2 Å². The summed E-state index contributed by atoms with van der Waals surface area (Å²) in [5.41, 5.74) is 6.86. The number of aromatic nitrogens is 1. The number of amides is 1. The van der Waals surface area contributed by atoms with Crippen LogP contribution in [0, 0.1) is 5.92 Å². The largest absolute Gasteiger partial charge is 0.354 e. The van der Waals surface area contributed by atoms with Crippen LogP contribution in [0.2, 0.25) is 0 Å². The second kappa shape index (κ2) is 7.60. The van der Waals surface area contributed by atoms with Gasteiger partial charge in [-0.1, -0.05) is 27.7 Å². The maximum Gasteiger partial charge on any atom is 0.236 e. The molecule has 0 aliphatic carbocycles. The van der Waals surface area contributed by atoms with Crippen LogP contribution >= 0.6 is 11.3 Å². The molecule has 1 amide bonds. The highest BCUT2D eigenvalue weighted by Gasteiger charge is 2.14. The number of hydrogen-bond acceptors (Lipinski definition) is 4. The van der Waals surface area contributed by atoms with Crippen LogP contribution in [-0.4, -0.2) is 23.5 Å². The van der Waals surface area contributed by atoms with Gasteiger partial charge in [0.25, 0.3) is 0 Å². The predicted octanol–water partition coefficient (Wildman–Crippen LogP) is 2.30. The van der Waals surface area contributed by atoms with Gasteiger partial charge in [0.15, 0.2) is 0 Å². The summed E-state index contributed by atoms with van der Waals surface area (Å²) in [6, 6.07) is -0.401. The third-order valence-electron chi connectivity index (χ3n) is 2.81. The number of rotatable bonds is 7. The Morgan fingerprint density at radius 2 is 2.11 bits per heavy atom. The second-order valence-electron chi connectivity index (χ2n) is 5.61. The van der Waals surface area contributed by atoms with Crippen LogP contribution in [0.4, 0.5) is 0 Å². The number of carbonyl (C=O) groups excluding carboxylic acids is 1. The fourth-order valence-corrected chi connectivity index (χ4v) is 2.63. The fraction of sp³-hybridized carbons (Fsp3) is 0.714. The van der Waals surface area contributed by atoms with Crippen molar-refractivity contribution in [2.45, 2.75) is 52.5 Å². The lowest BCUT2D eigenvalue weighted by atomic mass is 10.0. The maximum atomic E-state index is 11.7. The van der Waals surface area contributed by atoms with E-state index in [4.69, 9.17) is 5.73 Å². The smallest absolute Gasteiger partial charge is 0.236 e. The second-order valence-corrected chi connectivity index (χ2v) is 6.50. The lowest BCUT2D eigenvalue weighted by molar-refractivity contribution is -0.122. The molecule has 0 unspecified atom stereocenters. The van der Waals surface area contributed by atoms with Crippen molar-refractivity contribution in [1.82, 2.24) is 10.3 Å². The van der Waals surface area contributed by atoms with E-state index in [1.54, 1.807) is 11.3 Å². The highest BCUT2D eigenvalue weighted by molar-refractivity contribution is 7.09. The monoisotopic (exact) mass is 283 g/mol. The zero-order chi connectivity index (χ0) is 14.4. The van der Waals surface area contributed by atoms with Gasteiger partial charge in [-0.15, -0.1) is 11.3 Å². The van der Waals surface area contributed by atoms with E-state index in [0.29, 0.717) is 18.4 Å². The van der Waals surface area contributed by atoms with E-state index in [9.17, 15) is 4.79 Å². The molecule has 19 heavy (non-hydrogen) atoms. The molecule has 0 radical (unpaired) electrons. The molecule has 1 rings (SSSR count). The molecule has 0 aliphatic rings. The SMILES string of the molecule is CC(C)C[C@H](N)C(=O)NCCc1csc(C(C)C)n1. The Morgan fingerprint density at radius 1 is 1.42 bits per heavy atom. The van der Waals surface area contributed by atoms with Gasteiger partial charge < -0.3 is 11.1 Å². The summed E-state index contributed by atoms with van der Waals surface area (Å²) in [4.78, 5) is 16.3. The number of carbonyl (C=O) groups is 1. The summed E-state index contributed by atoms with van der Waals surface area (Å²) in [5, 5.41) is 6.09. The van der Waals surface area contributed by atoms with Crippen LogP contribution in [0.5, 0.6) is 0 Å². The van der Waals surface area contributed by atoms with Crippen LogP contribution < -0.4 is 11.1 Å². The van der Waals surface area contributed by atoms with Gasteiger partial charge in [-0.25, -0.2) is 4.98 Å². The fourth-order valence-electron chi connectivity index (χ4n) is 1.76. The van der Waals surface area contributed by atoms with E-state index in [-0.39, 0.29) is 5.91 Å². The molecule has 0 aromatic carbocycles. The first kappa shape index (κ1) is 16.1. The summed E-state index contributed by atoms with van der Waals surface area (Å²) >= 11 is 1.68. The van der Waals surface area contributed by atoms with Gasteiger partial charge in [-0.05, 0) is 12.3 Å². The van der Waals surface area contributed by atoms with E-state index in [0.717, 1.165) is 23.5 Å². The third-order valence-corrected chi connectivity index (χ3v) is 4.00. The quantitative estimate of drug-likeness (QED) is 0.807. The first-order chi connectivity index (χ1) is 8.90. The van der Waals surface area contributed by atoms with Gasteiger partial charge in [0.1, 0.15) is 0 Å². The molecule has 0 saturated heterocycles. The van der Waals surface area contributed by atoms with Crippen molar-refractivity contribution in [2.75, 3.05) is 6.54 Å². The van der Waals surface area contributed by atoms with Crippen molar-refractivity contribution in [3.8, 4) is 0 Å². The van der Waals surface area contributed by atoms with Gasteiger partial charge in [0, 0.05) is 24.3 Å². The normalized spacial score (nSPS) is 13.0. The molecule has 3 N–H and O–H groups in total. The summed E-state index contributed by atoms with van der Waals surface area (Å²) < 4.78 is 0.